The first-order valence-electron chi connectivity index (χ1n) is 21.1. The Morgan fingerprint density at radius 1 is 0.831 bits per heavy atom. The minimum absolute atomic E-state index is 0.000787. The highest BCUT2D eigenvalue weighted by atomic mass is 15.2. The van der Waals surface area contributed by atoms with E-state index >= 15 is 0 Å². The Bertz CT molecular complexity index is 2680. The van der Waals surface area contributed by atoms with E-state index in [1.807, 2.05) is 36.4 Å². The summed E-state index contributed by atoms with van der Waals surface area (Å²) in [7, 11) is 0. The number of nitrogens with zero attached hydrogens (tertiary/aromatic N) is 4. The number of allylic oxidation sites excluding steroid dienone is 8. The van der Waals surface area contributed by atoms with Gasteiger partial charge in [-0.2, -0.15) is 0 Å². The summed E-state index contributed by atoms with van der Waals surface area (Å²) in [6.45, 7) is 2.18. The fourth-order valence-corrected chi connectivity index (χ4v) is 9.17. The van der Waals surface area contributed by atoms with E-state index in [0.717, 1.165) is 88.7 Å². The molecule has 5 aliphatic rings. The molecule has 0 radical (unpaired) electrons. The maximum absolute atomic E-state index is 6.32. The van der Waals surface area contributed by atoms with Crippen molar-refractivity contribution in [3.05, 3.63) is 191 Å². The van der Waals surface area contributed by atoms with Crippen molar-refractivity contribution < 1.29 is 0 Å². The Morgan fingerprint density at radius 2 is 1.64 bits per heavy atom. The monoisotopic (exact) mass is 771 g/mol. The molecule has 5 atom stereocenters. The molecule has 0 spiro atoms. The Balaban J connectivity index is 0.967. The number of para-hydroxylation sites is 3. The zero-order chi connectivity index (χ0) is 39.7. The van der Waals surface area contributed by atoms with Crippen molar-refractivity contribution >= 4 is 40.2 Å². The Kier molecular flexibility index (Phi) is 9.86. The number of aliphatic imine (C=N–C) groups is 2. The molecule has 0 fully saturated rings. The number of benzene rings is 4. The topological polar surface area (TPSA) is 92.6 Å². The fraction of sp³-hybridized carbons (Fsp3) is 0.212. The van der Waals surface area contributed by atoms with E-state index in [1.165, 1.54) is 22.4 Å². The molecular weight excluding hydrogens is 723 g/mol. The lowest BCUT2D eigenvalue weighted by molar-refractivity contribution is 0.513. The van der Waals surface area contributed by atoms with E-state index in [-0.39, 0.29) is 24.0 Å². The van der Waals surface area contributed by atoms with Gasteiger partial charge in [-0.3, -0.25) is 4.57 Å². The van der Waals surface area contributed by atoms with Crippen molar-refractivity contribution in [2.75, 3.05) is 5.73 Å². The second-order valence-corrected chi connectivity index (χ2v) is 16.1. The van der Waals surface area contributed by atoms with Crippen LogP contribution in [0.1, 0.15) is 61.6 Å². The van der Waals surface area contributed by atoms with Gasteiger partial charge in [-0.05, 0) is 84.7 Å². The molecule has 4 N–H and O–H groups in total. The van der Waals surface area contributed by atoms with Gasteiger partial charge in [0.15, 0.2) is 6.17 Å². The highest BCUT2D eigenvalue weighted by Gasteiger charge is 2.37. The van der Waals surface area contributed by atoms with E-state index in [9.17, 15) is 0 Å². The average molecular weight is 772 g/mol. The number of anilines is 1. The number of hydrogen-bond acceptors (Lipinski definition) is 6. The normalized spacial score (nSPS) is 23.0. The largest absolute Gasteiger partial charge is 0.398 e. The quantitative estimate of drug-likeness (QED) is 0.130. The van der Waals surface area contributed by atoms with Crippen LogP contribution in [0.2, 0.25) is 0 Å². The second-order valence-electron chi connectivity index (χ2n) is 16.1. The van der Waals surface area contributed by atoms with Crippen LogP contribution in [-0.2, 0) is 0 Å². The number of fused-ring (bicyclic) bond motifs is 1. The summed E-state index contributed by atoms with van der Waals surface area (Å²) in [5.74, 6) is 3.07. The lowest BCUT2D eigenvalue weighted by Crippen LogP contribution is -2.41. The van der Waals surface area contributed by atoms with Crippen LogP contribution in [0.3, 0.4) is 0 Å². The number of amidine groups is 2. The number of nitrogens with two attached hydrogens (primary N) is 1. The van der Waals surface area contributed by atoms with Gasteiger partial charge in [0.05, 0.1) is 17.1 Å². The van der Waals surface area contributed by atoms with Crippen LogP contribution in [0.5, 0.6) is 0 Å². The molecule has 7 nitrogen and oxygen atoms in total. The molecule has 59 heavy (non-hydrogen) atoms. The lowest BCUT2D eigenvalue weighted by Gasteiger charge is -2.29. The molecule has 2 aliphatic heterocycles. The van der Waals surface area contributed by atoms with E-state index in [2.05, 4.69) is 150 Å². The van der Waals surface area contributed by atoms with E-state index in [1.54, 1.807) is 0 Å². The number of imidazole rings is 1. The summed E-state index contributed by atoms with van der Waals surface area (Å²) in [6.07, 6.45) is 27.4. The van der Waals surface area contributed by atoms with Crippen LogP contribution in [0.4, 0.5) is 5.69 Å². The van der Waals surface area contributed by atoms with Gasteiger partial charge in [-0.15, -0.1) is 0 Å². The molecule has 1 aromatic heterocycles. The first-order valence-corrected chi connectivity index (χ1v) is 21.1. The van der Waals surface area contributed by atoms with Crippen molar-refractivity contribution in [3.8, 4) is 11.4 Å². The standard InChI is InChI=1S/C52H49N7/c1-34(24-25-35-14-8-10-20-43(35)53)49-56-50(38-28-26-36(27-29-38)47-42-19-9-11-21-44(42)54-48(47)37-15-4-2-5-16-37)58-51(57-49)39-30-32-41(33-31-39)59-46-23-13-12-22-45(46)55-52(59)40-17-6-3-7-18-40/h2-4,6-8,10-15,17-18,20-30,32-34,39,47-48,51,54H,5,9,16,19,31,53H2,1H3,(H,56,57,58)/b25-24-. The molecule has 5 aromatic rings. The summed E-state index contributed by atoms with van der Waals surface area (Å²) in [4.78, 5) is 15.7. The van der Waals surface area contributed by atoms with Crippen molar-refractivity contribution in [1.29, 1.82) is 0 Å². The van der Waals surface area contributed by atoms with Gasteiger partial charge in [0, 0.05) is 46.0 Å². The predicted octanol–water partition coefficient (Wildman–Crippen LogP) is 10.8. The summed E-state index contributed by atoms with van der Waals surface area (Å²) in [6, 6.07) is 36.2. The van der Waals surface area contributed by atoms with Gasteiger partial charge >= 0.3 is 0 Å². The molecule has 0 bridgehead atoms. The number of aromatic nitrogens is 2. The van der Waals surface area contributed by atoms with Gasteiger partial charge in [0.1, 0.15) is 17.5 Å². The number of hydrogen-bond donors (Lipinski definition) is 3. The van der Waals surface area contributed by atoms with Crippen LogP contribution < -0.4 is 16.4 Å². The Labute approximate surface area is 346 Å². The predicted molar refractivity (Wildman–Crippen MR) is 245 cm³/mol. The third kappa shape index (κ3) is 7.22. The van der Waals surface area contributed by atoms with E-state index < -0.39 is 0 Å². The highest BCUT2D eigenvalue weighted by Crippen LogP contribution is 2.44. The van der Waals surface area contributed by atoms with Crippen molar-refractivity contribution in [2.24, 2.45) is 21.8 Å². The van der Waals surface area contributed by atoms with Crippen LogP contribution in [0, 0.1) is 11.8 Å². The molecule has 0 amide bonds. The van der Waals surface area contributed by atoms with Gasteiger partial charge in [-0.25, -0.2) is 15.0 Å². The van der Waals surface area contributed by atoms with E-state index in [4.69, 9.17) is 20.7 Å². The van der Waals surface area contributed by atoms with Crippen molar-refractivity contribution in [2.45, 2.75) is 57.2 Å². The number of rotatable bonds is 9. The molecule has 292 valence electrons. The average Bonchev–Trinajstić information content (AvgIpc) is 3.89. The fourth-order valence-electron chi connectivity index (χ4n) is 9.17. The Morgan fingerprint density at radius 3 is 2.46 bits per heavy atom. The maximum Gasteiger partial charge on any atom is 0.150 e. The molecule has 4 aromatic carbocycles. The van der Waals surface area contributed by atoms with Gasteiger partial charge in [0.2, 0.25) is 0 Å². The zero-order valence-electron chi connectivity index (χ0n) is 33.4. The molecule has 10 rings (SSSR count). The lowest BCUT2D eigenvalue weighted by atomic mass is 9.79. The summed E-state index contributed by atoms with van der Waals surface area (Å²) in [5.41, 5.74) is 19.1. The third-order valence-corrected chi connectivity index (χ3v) is 12.3. The van der Waals surface area contributed by atoms with Gasteiger partial charge < -0.3 is 16.4 Å². The smallest absolute Gasteiger partial charge is 0.150 e. The maximum atomic E-state index is 6.32. The van der Waals surface area contributed by atoms with Crippen LogP contribution in [0.15, 0.2) is 185 Å². The molecular formula is C52H49N7. The third-order valence-electron chi connectivity index (χ3n) is 12.3. The van der Waals surface area contributed by atoms with Gasteiger partial charge in [0.25, 0.3) is 0 Å². The highest BCUT2D eigenvalue weighted by molar-refractivity contribution is 6.11. The summed E-state index contributed by atoms with van der Waals surface area (Å²) in [5, 5.41) is 7.60. The SMILES string of the molecule is CC(/C=C\c1ccccc1N)C1=NC(C2C=CC(n3c(-c4ccccc4)nc4ccccc43)=CC2)N=C(c2ccc(C3C4=C(C=CCC4)NC3C3=CC=CCC3)cc2)N1. The minimum Gasteiger partial charge on any atom is -0.398 e. The summed E-state index contributed by atoms with van der Waals surface area (Å²) >= 11 is 0. The van der Waals surface area contributed by atoms with Crippen LogP contribution in [-0.4, -0.2) is 33.4 Å². The van der Waals surface area contributed by atoms with Crippen molar-refractivity contribution in [1.82, 2.24) is 20.2 Å². The van der Waals surface area contributed by atoms with E-state index in [0.29, 0.717) is 5.92 Å². The molecule has 0 saturated heterocycles. The Hall–Kier alpha value is -6.73. The number of nitrogens with one attached hydrogen (secondary N) is 2. The first-order chi connectivity index (χ1) is 29.1. The molecule has 0 saturated carbocycles. The molecule has 3 heterocycles. The summed E-state index contributed by atoms with van der Waals surface area (Å²) < 4.78 is 2.28. The number of nitrogen functional groups attached to an aromatic ring is 1. The van der Waals surface area contributed by atoms with Crippen molar-refractivity contribution in [3.63, 3.8) is 0 Å². The molecule has 5 unspecified atom stereocenters. The zero-order valence-corrected chi connectivity index (χ0v) is 33.4. The van der Waals surface area contributed by atoms with Crippen LogP contribution >= 0.6 is 0 Å². The first kappa shape index (κ1) is 36.6. The molecule has 3 aliphatic carbocycles. The molecule has 7 heteroatoms. The minimum atomic E-state index is -0.294. The van der Waals surface area contributed by atoms with Gasteiger partial charge in [-0.1, -0.05) is 140 Å². The van der Waals surface area contributed by atoms with Crippen LogP contribution in [0.25, 0.3) is 34.2 Å². The second kappa shape index (κ2) is 15.9.